The van der Waals surface area contributed by atoms with Crippen LogP contribution >= 0.6 is 0 Å². The molecule has 2 aliphatic rings. The first-order valence-electron chi connectivity index (χ1n) is 15.5. The largest absolute Gasteiger partial charge is 0.469 e. The van der Waals surface area contributed by atoms with Gasteiger partial charge in [0.05, 0.1) is 40.3 Å². The van der Waals surface area contributed by atoms with Gasteiger partial charge in [-0.1, -0.05) is 60.7 Å². The Morgan fingerprint density at radius 1 is 0.560 bits per heavy atom. The van der Waals surface area contributed by atoms with Crippen molar-refractivity contribution in [2.45, 2.75) is 50.9 Å². The molecule has 50 heavy (non-hydrogen) atoms. The van der Waals surface area contributed by atoms with Crippen LogP contribution < -0.4 is 10.6 Å². The van der Waals surface area contributed by atoms with Gasteiger partial charge in [0.15, 0.2) is 12.1 Å². The topological polar surface area (TPSA) is 204 Å². The number of esters is 4. The Kier molecular flexibility index (Phi) is 13.6. The van der Waals surface area contributed by atoms with E-state index in [1.165, 1.54) is 28.1 Å². The number of ether oxygens (including phenoxy) is 4. The van der Waals surface area contributed by atoms with Gasteiger partial charge in [-0.2, -0.15) is 0 Å². The number of carbonyl (C=O) groups excluding carboxylic acids is 8. The number of rotatable bonds is 12. The highest BCUT2D eigenvalue weighted by Gasteiger charge is 2.50. The van der Waals surface area contributed by atoms with Crippen molar-refractivity contribution in [3.05, 3.63) is 71.8 Å². The Morgan fingerprint density at radius 3 is 1.10 bits per heavy atom. The lowest BCUT2D eigenvalue weighted by atomic mass is 9.91. The van der Waals surface area contributed by atoms with Crippen LogP contribution in [0, 0.1) is 11.8 Å². The van der Waals surface area contributed by atoms with Gasteiger partial charge in [-0.3, -0.25) is 19.2 Å². The van der Waals surface area contributed by atoms with Crippen molar-refractivity contribution >= 4 is 47.8 Å². The number of hydrogen-bond donors (Lipinski definition) is 2. The molecule has 2 saturated heterocycles. The Balaban J connectivity index is 0.000000270. The van der Waals surface area contributed by atoms with Crippen molar-refractivity contribution in [3.63, 3.8) is 0 Å². The van der Waals surface area contributed by atoms with E-state index in [1.807, 2.05) is 12.1 Å². The highest BCUT2D eigenvalue weighted by molar-refractivity contribution is 6.08. The highest BCUT2D eigenvalue weighted by atomic mass is 16.5. The molecule has 2 aromatic rings. The summed E-state index contributed by atoms with van der Waals surface area (Å²) >= 11 is 0. The lowest BCUT2D eigenvalue weighted by Gasteiger charge is -2.29. The number of carbonyl (C=O) groups is 8. The lowest BCUT2D eigenvalue weighted by Crippen LogP contribution is -2.53. The molecule has 6 amide bonds. The van der Waals surface area contributed by atoms with Crippen LogP contribution in [0.15, 0.2) is 60.7 Å². The first-order valence-corrected chi connectivity index (χ1v) is 15.5. The zero-order valence-corrected chi connectivity index (χ0v) is 28.4. The fourth-order valence-corrected chi connectivity index (χ4v) is 5.60. The van der Waals surface area contributed by atoms with Crippen LogP contribution in [0.1, 0.15) is 25.0 Å². The molecule has 0 aromatic heterocycles. The van der Waals surface area contributed by atoms with E-state index in [0.717, 1.165) is 35.1 Å². The highest BCUT2D eigenvalue weighted by Crippen LogP contribution is 2.25. The zero-order valence-electron chi connectivity index (χ0n) is 28.4. The van der Waals surface area contributed by atoms with Crippen molar-refractivity contribution in [2.75, 3.05) is 28.4 Å². The third-order valence-electron chi connectivity index (χ3n) is 8.14. The molecule has 0 spiro atoms. The van der Waals surface area contributed by atoms with Gasteiger partial charge in [0.1, 0.15) is 12.1 Å². The van der Waals surface area contributed by atoms with Gasteiger partial charge in [0.25, 0.3) is 11.8 Å². The molecule has 6 atom stereocenters. The SMILES string of the molecule is COC(=O)[C@@H](Cc1ccccc1)[C@@H](C(=O)OC)N1C(=O)N[C@@H](C)C1=O.COC(=O)[C@H](Cc1ccccc1)[C@H](C(=O)OC)N1C(=O)N[C@@H](C)C1=O. The second kappa shape index (κ2) is 17.6. The van der Waals surface area contributed by atoms with E-state index in [-0.39, 0.29) is 12.8 Å². The van der Waals surface area contributed by atoms with Crippen LogP contribution in [0.2, 0.25) is 0 Å². The summed E-state index contributed by atoms with van der Waals surface area (Å²) in [6.07, 6.45) is 0.220. The minimum absolute atomic E-state index is 0.110. The Labute approximate surface area is 288 Å². The third kappa shape index (κ3) is 8.80. The molecule has 2 aromatic carbocycles. The molecule has 2 heterocycles. The summed E-state index contributed by atoms with van der Waals surface area (Å²) in [4.78, 5) is 99.8. The van der Waals surface area contributed by atoms with E-state index in [4.69, 9.17) is 18.9 Å². The van der Waals surface area contributed by atoms with Gasteiger partial charge in [-0.05, 0) is 37.8 Å². The first kappa shape index (κ1) is 38.6. The molecule has 2 aliphatic heterocycles. The van der Waals surface area contributed by atoms with Crippen molar-refractivity contribution in [1.29, 1.82) is 0 Å². The van der Waals surface area contributed by atoms with E-state index in [0.29, 0.717) is 0 Å². The third-order valence-corrected chi connectivity index (χ3v) is 8.14. The number of nitrogens with zero attached hydrogens (tertiary/aromatic N) is 2. The minimum atomic E-state index is -1.41. The Bertz CT molecular complexity index is 1470. The number of benzene rings is 2. The number of amides is 6. The van der Waals surface area contributed by atoms with Crippen LogP contribution in [0.3, 0.4) is 0 Å². The minimum Gasteiger partial charge on any atom is -0.469 e. The summed E-state index contributed by atoms with van der Waals surface area (Å²) < 4.78 is 19.1. The summed E-state index contributed by atoms with van der Waals surface area (Å²) in [6.45, 7) is 3.00. The number of nitrogens with one attached hydrogen (secondary N) is 2. The van der Waals surface area contributed by atoms with E-state index in [9.17, 15) is 38.4 Å². The molecule has 0 aliphatic carbocycles. The van der Waals surface area contributed by atoms with Gasteiger partial charge in [-0.15, -0.1) is 0 Å². The molecule has 0 saturated carbocycles. The Hall–Kier alpha value is -5.80. The standard InChI is InChI=1S/2C17H20N2O6/c2*1-10-14(20)19(17(23)18-10)13(16(22)25-3)12(15(21)24-2)9-11-7-5-4-6-8-11/h2*4-8,10,12-13H,9H2,1-3H3,(H,18,23)/t10-,12+,13+;10-,12-,13-/m00/s1. The summed E-state index contributed by atoms with van der Waals surface area (Å²) in [6, 6.07) is 12.0. The van der Waals surface area contributed by atoms with Crippen LogP contribution in [0.5, 0.6) is 0 Å². The molecule has 0 unspecified atom stereocenters. The summed E-state index contributed by atoms with van der Waals surface area (Å²) in [7, 11) is 4.63. The smallest absolute Gasteiger partial charge is 0.330 e. The van der Waals surface area contributed by atoms with Crippen LogP contribution in [0.4, 0.5) is 9.59 Å². The van der Waals surface area contributed by atoms with E-state index >= 15 is 0 Å². The number of hydrogen-bond acceptors (Lipinski definition) is 12. The molecule has 0 bridgehead atoms. The number of imide groups is 2. The van der Waals surface area contributed by atoms with Crippen LogP contribution in [-0.2, 0) is 60.6 Å². The molecule has 268 valence electrons. The van der Waals surface area contributed by atoms with Crippen LogP contribution in [0.25, 0.3) is 0 Å². The van der Waals surface area contributed by atoms with E-state index in [1.54, 1.807) is 48.5 Å². The lowest BCUT2D eigenvalue weighted by molar-refractivity contribution is -0.160. The fourth-order valence-electron chi connectivity index (χ4n) is 5.60. The van der Waals surface area contributed by atoms with Crippen molar-refractivity contribution in [2.24, 2.45) is 11.8 Å². The van der Waals surface area contributed by atoms with Gasteiger partial charge >= 0.3 is 35.9 Å². The number of urea groups is 2. The maximum absolute atomic E-state index is 12.3. The molecule has 0 radical (unpaired) electrons. The van der Waals surface area contributed by atoms with Gasteiger partial charge in [-0.25, -0.2) is 29.0 Å². The average Bonchev–Trinajstić information content (AvgIpc) is 3.53. The van der Waals surface area contributed by atoms with E-state index in [2.05, 4.69) is 10.6 Å². The molecule has 2 fully saturated rings. The molecule has 2 N–H and O–H groups in total. The quantitative estimate of drug-likeness (QED) is 0.181. The normalized spacial score (nSPS) is 19.2. The summed E-state index contributed by atoms with van der Waals surface area (Å²) in [5, 5.41) is 4.86. The summed E-state index contributed by atoms with van der Waals surface area (Å²) in [5.41, 5.74) is 1.51. The molecular weight excluding hydrogens is 656 g/mol. The van der Waals surface area contributed by atoms with Crippen molar-refractivity contribution < 1.29 is 57.3 Å². The molecule has 16 heteroatoms. The maximum Gasteiger partial charge on any atom is 0.330 e. The zero-order chi connectivity index (χ0) is 37.1. The molecule has 16 nitrogen and oxygen atoms in total. The van der Waals surface area contributed by atoms with Gasteiger partial charge in [0, 0.05) is 0 Å². The predicted octanol–water partition coefficient (Wildman–Crippen LogP) is 1.00. The summed E-state index contributed by atoms with van der Waals surface area (Å²) in [5.74, 6) is -6.49. The average molecular weight is 697 g/mol. The second-order valence-corrected chi connectivity index (χ2v) is 11.3. The Morgan fingerprint density at radius 2 is 0.860 bits per heavy atom. The first-order chi connectivity index (χ1) is 23.8. The maximum atomic E-state index is 12.3. The second-order valence-electron chi connectivity index (χ2n) is 11.3. The van der Waals surface area contributed by atoms with Crippen molar-refractivity contribution in [1.82, 2.24) is 20.4 Å². The number of methoxy groups -OCH3 is 4. The fraction of sp³-hybridized carbons (Fsp3) is 0.412. The molecular formula is C34H40N4O12. The predicted molar refractivity (Wildman–Crippen MR) is 173 cm³/mol. The van der Waals surface area contributed by atoms with Gasteiger partial charge in [0.2, 0.25) is 0 Å². The van der Waals surface area contributed by atoms with Gasteiger partial charge < -0.3 is 29.6 Å². The van der Waals surface area contributed by atoms with Crippen molar-refractivity contribution in [3.8, 4) is 0 Å². The van der Waals surface area contributed by atoms with Crippen LogP contribution in [-0.4, -0.2) is 110 Å². The monoisotopic (exact) mass is 696 g/mol. The van der Waals surface area contributed by atoms with E-state index < -0.39 is 83.8 Å². The molecule has 4 rings (SSSR count).